The van der Waals surface area contributed by atoms with Gasteiger partial charge in [0.25, 0.3) is 0 Å². The molecule has 0 radical (unpaired) electrons. The Hall–Kier alpha value is -0.890. The summed E-state index contributed by atoms with van der Waals surface area (Å²) in [6.07, 6.45) is 1.61. The number of hydrogen-bond donors (Lipinski definition) is 1. The van der Waals surface area contributed by atoms with Crippen molar-refractivity contribution in [3.8, 4) is 0 Å². The first kappa shape index (κ1) is 9.20. The maximum absolute atomic E-state index is 11.4. The summed E-state index contributed by atoms with van der Waals surface area (Å²) in [5, 5.41) is 9.56. The van der Waals surface area contributed by atoms with Crippen LogP contribution >= 0.6 is 0 Å². The second-order valence-corrected chi connectivity index (χ2v) is 3.49. The second-order valence-electron chi connectivity index (χ2n) is 3.49. The highest BCUT2D eigenvalue weighted by molar-refractivity contribution is 6.06. The van der Waals surface area contributed by atoms with Gasteiger partial charge in [-0.3, -0.25) is 4.79 Å². The average molecular weight is 166 g/mol. The van der Waals surface area contributed by atoms with Gasteiger partial charge in [-0.15, -0.1) is 0 Å². The molecule has 66 valence electrons. The van der Waals surface area contributed by atoms with Gasteiger partial charge in [0, 0.05) is 5.57 Å². The highest BCUT2D eigenvalue weighted by Gasteiger charge is 2.23. The molecule has 0 aliphatic heterocycles. The Bertz CT molecular complexity index is 268. The van der Waals surface area contributed by atoms with E-state index in [4.69, 9.17) is 0 Å². The first-order valence-corrected chi connectivity index (χ1v) is 4.09. The van der Waals surface area contributed by atoms with Crippen molar-refractivity contribution < 1.29 is 9.90 Å². The van der Waals surface area contributed by atoms with Gasteiger partial charge in [0.05, 0.1) is 6.10 Å². The molecule has 0 amide bonds. The van der Waals surface area contributed by atoms with E-state index < -0.39 is 6.10 Å². The third-order valence-corrected chi connectivity index (χ3v) is 2.03. The van der Waals surface area contributed by atoms with E-state index in [9.17, 15) is 9.90 Å². The summed E-state index contributed by atoms with van der Waals surface area (Å²) in [6.45, 7) is 5.57. The number of aliphatic hydroxyl groups excluding tert-OH is 1. The Balaban J connectivity index is 3.08. The molecule has 1 N–H and O–H groups in total. The zero-order valence-electron chi connectivity index (χ0n) is 7.72. The molecule has 0 bridgehead atoms. The van der Waals surface area contributed by atoms with Crippen molar-refractivity contribution in [3.05, 3.63) is 22.8 Å². The molecule has 0 aromatic heterocycles. The molecular weight excluding hydrogens is 152 g/mol. The summed E-state index contributed by atoms with van der Waals surface area (Å²) in [7, 11) is 0. The molecule has 0 spiro atoms. The van der Waals surface area contributed by atoms with E-state index in [-0.39, 0.29) is 5.78 Å². The van der Waals surface area contributed by atoms with E-state index in [0.29, 0.717) is 12.0 Å². The van der Waals surface area contributed by atoms with E-state index in [1.807, 2.05) is 20.8 Å². The van der Waals surface area contributed by atoms with Crippen molar-refractivity contribution in [2.45, 2.75) is 33.3 Å². The van der Waals surface area contributed by atoms with Gasteiger partial charge in [0.2, 0.25) is 0 Å². The minimum atomic E-state index is -0.590. The second kappa shape index (κ2) is 3.23. The lowest BCUT2D eigenvalue weighted by Gasteiger charge is -2.19. The van der Waals surface area contributed by atoms with Gasteiger partial charge >= 0.3 is 0 Å². The molecule has 12 heavy (non-hydrogen) atoms. The summed E-state index contributed by atoms with van der Waals surface area (Å²) in [5.74, 6) is -0.0359. The van der Waals surface area contributed by atoms with Crippen LogP contribution in [0.3, 0.4) is 0 Å². The Morgan fingerprint density at radius 1 is 1.58 bits per heavy atom. The Morgan fingerprint density at radius 2 is 2.17 bits per heavy atom. The lowest BCUT2D eigenvalue weighted by molar-refractivity contribution is -0.112. The van der Waals surface area contributed by atoms with Crippen LogP contribution in [0, 0.1) is 0 Å². The molecular formula is C10H14O2. The molecule has 1 aliphatic rings. The number of allylic oxidation sites excluding steroid dienone is 2. The number of ketones is 1. The van der Waals surface area contributed by atoms with Crippen LogP contribution < -0.4 is 0 Å². The van der Waals surface area contributed by atoms with E-state index >= 15 is 0 Å². The number of hydrogen-bond acceptors (Lipinski definition) is 2. The molecule has 0 fully saturated rings. The monoisotopic (exact) mass is 166 g/mol. The number of carbonyl (C=O) groups excluding carboxylic acids is 1. The van der Waals surface area contributed by atoms with Gasteiger partial charge in [-0.25, -0.2) is 0 Å². The van der Waals surface area contributed by atoms with Crippen molar-refractivity contribution >= 4 is 5.78 Å². The molecule has 0 aromatic carbocycles. The van der Waals surface area contributed by atoms with Crippen LogP contribution in [0.1, 0.15) is 27.2 Å². The van der Waals surface area contributed by atoms with Crippen molar-refractivity contribution in [3.63, 3.8) is 0 Å². The van der Waals surface area contributed by atoms with Crippen LogP contribution in [0.5, 0.6) is 0 Å². The van der Waals surface area contributed by atoms with Crippen molar-refractivity contribution in [2.75, 3.05) is 0 Å². The number of rotatable bonds is 0. The van der Waals surface area contributed by atoms with Crippen LogP contribution in [0.2, 0.25) is 0 Å². The fourth-order valence-corrected chi connectivity index (χ4v) is 1.51. The smallest absolute Gasteiger partial charge is 0.184 e. The molecule has 2 nitrogen and oxygen atoms in total. The molecule has 1 unspecified atom stereocenters. The molecule has 1 atom stereocenters. The summed E-state index contributed by atoms with van der Waals surface area (Å²) in [5.41, 5.74) is 2.44. The Morgan fingerprint density at radius 3 is 2.58 bits per heavy atom. The Labute approximate surface area is 72.6 Å². The summed E-state index contributed by atoms with van der Waals surface area (Å²) in [4.78, 5) is 11.4. The van der Waals surface area contributed by atoms with Gasteiger partial charge in [0.1, 0.15) is 0 Å². The van der Waals surface area contributed by atoms with Gasteiger partial charge in [-0.05, 0) is 33.3 Å². The molecule has 0 heterocycles. The van der Waals surface area contributed by atoms with Crippen LogP contribution in [0.25, 0.3) is 0 Å². The molecule has 0 saturated carbocycles. The van der Waals surface area contributed by atoms with E-state index in [2.05, 4.69) is 0 Å². The molecule has 1 rings (SSSR count). The normalized spacial score (nSPS) is 24.0. The highest BCUT2D eigenvalue weighted by atomic mass is 16.3. The summed E-state index contributed by atoms with van der Waals surface area (Å²) < 4.78 is 0. The SMILES string of the molecule is CC1=CC(=O)C(=C(C)C)C(O)C1. The molecule has 2 heteroatoms. The van der Waals surface area contributed by atoms with E-state index in [1.165, 1.54) is 0 Å². The quantitative estimate of drug-likeness (QED) is 0.555. The van der Waals surface area contributed by atoms with Crippen molar-refractivity contribution in [1.82, 2.24) is 0 Å². The first-order valence-electron chi connectivity index (χ1n) is 4.09. The molecule has 1 aliphatic carbocycles. The van der Waals surface area contributed by atoms with Crippen LogP contribution in [0.15, 0.2) is 22.8 Å². The zero-order valence-corrected chi connectivity index (χ0v) is 7.72. The lowest BCUT2D eigenvalue weighted by Crippen LogP contribution is -2.22. The van der Waals surface area contributed by atoms with Crippen molar-refractivity contribution in [1.29, 1.82) is 0 Å². The van der Waals surface area contributed by atoms with E-state index in [1.54, 1.807) is 6.08 Å². The van der Waals surface area contributed by atoms with Crippen LogP contribution in [0.4, 0.5) is 0 Å². The van der Waals surface area contributed by atoms with Gasteiger partial charge in [0.15, 0.2) is 5.78 Å². The molecule has 0 aromatic rings. The highest BCUT2D eigenvalue weighted by Crippen LogP contribution is 2.22. The summed E-state index contributed by atoms with van der Waals surface area (Å²) in [6, 6.07) is 0. The van der Waals surface area contributed by atoms with Gasteiger partial charge < -0.3 is 5.11 Å². The van der Waals surface area contributed by atoms with Crippen LogP contribution in [-0.4, -0.2) is 17.0 Å². The maximum atomic E-state index is 11.4. The van der Waals surface area contributed by atoms with Gasteiger partial charge in [-0.1, -0.05) is 11.1 Å². The number of carbonyl (C=O) groups is 1. The minimum Gasteiger partial charge on any atom is -0.388 e. The maximum Gasteiger partial charge on any atom is 0.184 e. The largest absolute Gasteiger partial charge is 0.388 e. The third kappa shape index (κ3) is 1.64. The molecule has 0 saturated heterocycles. The number of aliphatic hydroxyl groups is 1. The third-order valence-electron chi connectivity index (χ3n) is 2.03. The topological polar surface area (TPSA) is 37.3 Å². The predicted octanol–water partition coefficient (Wildman–Crippen LogP) is 1.60. The fourth-order valence-electron chi connectivity index (χ4n) is 1.51. The van der Waals surface area contributed by atoms with Gasteiger partial charge in [-0.2, -0.15) is 0 Å². The average Bonchev–Trinajstić information content (AvgIpc) is 1.82. The lowest BCUT2D eigenvalue weighted by atomic mass is 9.89. The van der Waals surface area contributed by atoms with Crippen LogP contribution in [-0.2, 0) is 4.79 Å². The fraction of sp³-hybridized carbons (Fsp3) is 0.500. The zero-order chi connectivity index (χ0) is 9.30. The minimum absolute atomic E-state index is 0.0359. The predicted molar refractivity (Wildman–Crippen MR) is 47.8 cm³/mol. The van der Waals surface area contributed by atoms with E-state index in [0.717, 1.165) is 11.1 Å². The standard InChI is InChI=1S/C10H14O2/c1-6(2)10-8(11)4-7(3)5-9(10)12/h4,9,12H,5H2,1-3H3. The summed E-state index contributed by atoms with van der Waals surface area (Å²) >= 11 is 0. The van der Waals surface area contributed by atoms with Crippen molar-refractivity contribution in [2.24, 2.45) is 0 Å². The first-order chi connectivity index (χ1) is 5.52. The Kier molecular flexibility index (Phi) is 2.48.